The van der Waals surface area contributed by atoms with Crippen LogP contribution in [0.3, 0.4) is 0 Å². The molecule has 0 aromatic rings. The van der Waals surface area contributed by atoms with E-state index in [9.17, 15) is 9.59 Å². The minimum atomic E-state index is 0.0330. The number of nitrogens with one attached hydrogen (secondary N) is 2. The second kappa shape index (κ2) is 12.7. The summed E-state index contributed by atoms with van der Waals surface area (Å²) < 4.78 is 0. The molecule has 0 aliphatic carbocycles. The van der Waals surface area contributed by atoms with Crippen LogP contribution >= 0.6 is 10.3 Å². The molecule has 0 saturated heterocycles. The number of hydrogen-bond acceptors (Lipinski definition) is 5. The molecular formula is C12H20N2O2SV. The van der Waals surface area contributed by atoms with Crippen LogP contribution in [-0.2, 0) is 25.3 Å². The molecule has 0 spiro atoms. The van der Waals surface area contributed by atoms with Crippen molar-refractivity contribution in [3.05, 3.63) is 23.5 Å². The monoisotopic (exact) mass is 307 g/mol. The van der Waals surface area contributed by atoms with Crippen LogP contribution in [-0.4, -0.2) is 24.7 Å². The molecule has 0 aromatic heterocycles. The molecule has 0 aliphatic rings. The molecule has 2 N–H and O–H groups in total. The first-order valence-electron chi connectivity index (χ1n) is 5.45. The number of carbonyl (C=O) groups excluding carboxylic acids is 2. The van der Waals surface area contributed by atoms with Gasteiger partial charge in [0.2, 0.25) is 0 Å². The van der Waals surface area contributed by atoms with Gasteiger partial charge in [0.25, 0.3) is 0 Å². The number of hydrogen-bond donors (Lipinski definition) is 2. The first-order valence-corrected chi connectivity index (χ1v) is 7.53. The van der Waals surface area contributed by atoms with Crippen molar-refractivity contribution in [2.24, 2.45) is 0 Å². The molecule has 18 heavy (non-hydrogen) atoms. The fraction of sp³-hybridized carbons (Fsp3) is 0.500. The predicted molar refractivity (Wildman–Crippen MR) is 72.5 cm³/mol. The maximum absolute atomic E-state index is 10.7. The van der Waals surface area contributed by atoms with Gasteiger partial charge in [-0.05, 0) is 39.8 Å². The van der Waals surface area contributed by atoms with Gasteiger partial charge in [0.15, 0.2) is 11.6 Å². The molecule has 101 valence electrons. The molecule has 0 atom stereocenters. The molecule has 0 aromatic carbocycles. The molecule has 0 radical (unpaired) electrons. The molecule has 0 heterocycles. The molecule has 0 fully saturated rings. The van der Waals surface area contributed by atoms with Crippen LogP contribution in [0, 0.1) is 0 Å². The molecule has 4 nitrogen and oxygen atoms in total. The van der Waals surface area contributed by atoms with Crippen LogP contribution in [0.15, 0.2) is 23.5 Å². The average Bonchev–Trinajstić information content (AvgIpc) is 2.25. The zero-order chi connectivity index (χ0) is 14.6. The van der Waals surface area contributed by atoms with Crippen molar-refractivity contribution < 1.29 is 25.3 Å². The Hall–Kier alpha value is -0.776. The Morgan fingerprint density at radius 2 is 1.17 bits per heavy atom. The Bertz CT molecular complexity index is 309. The molecule has 0 unspecified atom stereocenters. The van der Waals surface area contributed by atoms with E-state index in [2.05, 4.69) is 20.9 Å². The summed E-state index contributed by atoms with van der Waals surface area (Å²) >= 11 is 1.90. The van der Waals surface area contributed by atoms with Crippen LogP contribution < -0.4 is 10.6 Å². The maximum atomic E-state index is 10.7. The third kappa shape index (κ3) is 15.2. The second-order valence-corrected chi connectivity index (χ2v) is 3.73. The zero-order valence-corrected chi connectivity index (χ0v) is 13.5. The molecular weight excluding hydrogens is 287 g/mol. The van der Waals surface area contributed by atoms with Crippen LogP contribution in [0.1, 0.15) is 27.7 Å². The van der Waals surface area contributed by atoms with Crippen molar-refractivity contribution in [3.8, 4) is 0 Å². The number of carbonyl (C=O) groups is 2. The SMILES string of the molecule is CC(=O)C=C(C)NCCNC(C)=CC(C)=O.[S]=[V]. The normalized spacial score (nSPS) is 11.1. The van der Waals surface area contributed by atoms with Crippen LogP contribution in [0.2, 0.25) is 0 Å². The Labute approximate surface area is 122 Å². The molecule has 0 bridgehead atoms. The van der Waals surface area contributed by atoms with Crippen LogP contribution in [0.5, 0.6) is 0 Å². The van der Waals surface area contributed by atoms with Gasteiger partial charge >= 0.3 is 26.0 Å². The third-order valence-corrected chi connectivity index (χ3v) is 1.77. The quantitative estimate of drug-likeness (QED) is 0.555. The van der Waals surface area contributed by atoms with E-state index in [-0.39, 0.29) is 11.6 Å². The van der Waals surface area contributed by atoms with Gasteiger partial charge in [-0.2, -0.15) is 0 Å². The van der Waals surface area contributed by atoms with Crippen LogP contribution in [0.25, 0.3) is 0 Å². The standard InChI is InChI=1S/C12H20N2O2.S.V/c1-9(7-11(3)15)13-5-6-14-10(2)8-12(4)16;;/h7-8,13-14H,5-6H2,1-4H3;;. The van der Waals surface area contributed by atoms with Crippen molar-refractivity contribution in [2.75, 3.05) is 13.1 Å². The van der Waals surface area contributed by atoms with E-state index in [1.54, 1.807) is 12.2 Å². The summed E-state index contributed by atoms with van der Waals surface area (Å²) in [7, 11) is 4.02. The van der Waals surface area contributed by atoms with Gasteiger partial charge in [-0.25, -0.2) is 0 Å². The molecule has 0 aliphatic heterocycles. The van der Waals surface area contributed by atoms with Gasteiger partial charge in [-0.3, -0.25) is 9.59 Å². The minimum absolute atomic E-state index is 0.0330. The van der Waals surface area contributed by atoms with E-state index in [1.165, 1.54) is 13.8 Å². The van der Waals surface area contributed by atoms with E-state index in [0.717, 1.165) is 11.4 Å². The number of allylic oxidation sites excluding steroid dienone is 4. The first-order chi connectivity index (χ1) is 8.41. The van der Waals surface area contributed by atoms with Gasteiger partial charge in [0, 0.05) is 24.5 Å². The fourth-order valence-electron chi connectivity index (χ4n) is 1.23. The summed E-state index contributed by atoms with van der Waals surface area (Å²) in [5.74, 6) is 0.0660. The average molecular weight is 307 g/mol. The van der Waals surface area contributed by atoms with E-state index in [0.29, 0.717) is 13.1 Å². The first kappa shape index (κ1) is 19.6. The molecule has 6 heteroatoms. The van der Waals surface area contributed by atoms with Gasteiger partial charge < -0.3 is 10.6 Å². The van der Waals surface area contributed by atoms with Gasteiger partial charge in [0.1, 0.15) is 0 Å². The molecule has 0 rings (SSSR count). The van der Waals surface area contributed by atoms with Crippen LogP contribution in [0.4, 0.5) is 0 Å². The second-order valence-electron chi connectivity index (χ2n) is 3.73. The Kier molecular flexibility index (Phi) is 13.8. The Balaban J connectivity index is 0. The summed E-state index contributed by atoms with van der Waals surface area (Å²) in [5, 5.41) is 6.18. The van der Waals surface area contributed by atoms with Crippen molar-refractivity contribution in [2.45, 2.75) is 27.7 Å². The Morgan fingerprint density at radius 1 is 0.889 bits per heavy atom. The summed E-state index contributed by atoms with van der Waals surface area (Å²) in [5.41, 5.74) is 1.70. The van der Waals surface area contributed by atoms with Gasteiger partial charge in [-0.15, -0.1) is 0 Å². The summed E-state index contributed by atoms with van der Waals surface area (Å²) in [4.78, 5) is 21.5. The van der Waals surface area contributed by atoms with Gasteiger partial charge in [0.05, 0.1) is 0 Å². The zero-order valence-electron chi connectivity index (χ0n) is 11.2. The molecule has 0 saturated carbocycles. The van der Waals surface area contributed by atoms with E-state index < -0.39 is 0 Å². The number of ketones is 2. The summed E-state index contributed by atoms with van der Waals surface area (Å²) in [6, 6.07) is 0. The van der Waals surface area contributed by atoms with Gasteiger partial charge in [-0.1, -0.05) is 0 Å². The topological polar surface area (TPSA) is 58.2 Å². The van der Waals surface area contributed by atoms with Crippen molar-refractivity contribution in [1.82, 2.24) is 10.6 Å². The van der Waals surface area contributed by atoms with E-state index in [1.807, 2.05) is 29.6 Å². The summed E-state index contributed by atoms with van der Waals surface area (Å²) in [6.45, 7) is 8.14. The van der Waals surface area contributed by atoms with Crippen molar-refractivity contribution >= 4 is 21.8 Å². The fourth-order valence-corrected chi connectivity index (χ4v) is 1.23. The Morgan fingerprint density at radius 3 is 1.39 bits per heavy atom. The van der Waals surface area contributed by atoms with E-state index in [4.69, 9.17) is 0 Å². The number of rotatable bonds is 7. The third-order valence-electron chi connectivity index (χ3n) is 1.77. The van der Waals surface area contributed by atoms with E-state index >= 15 is 0 Å². The predicted octanol–water partition coefficient (Wildman–Crippen LogP) is 1.80. The summed E-state index contributed by atoms with van der Waals surface area (Å²) in [6.07, 6.45) is 3.11. The van der Waals surface area contributed by atoms with Crippen molar-refractivity contribution in [1.29, 1.82) is 0 Å². The molecule has 0 amide bonds. The van der Waals surface area contributed by atoms with Crippen molar-refractivity contribution in [3.63, 3.8) is 0 Å².